The Hall–Kier alpha value is -2.33. The molecule has 0 spiro atoms. The molecule has 0 unspecified atom stereocenters. The molecule has 0 radical (unpaired) electrons. The summed E-state index contributed by atoms with van der Waals surface area (Å²) in [5.74, 6) is 0.714. The van der Waals surface area contributed by atoms with Crippen LogP contribution in [0.5, 0.6) is 5.75 Å². The van der Waals surface area contributed by atoms with Gasteiger partial charge in [0.05, 0.1) is 13.0 Å². The third-order valence-corrected chi connectivity index (χ3v) is 3.31. The van der Waals surface area contributed by atoms with E-state index < -0.39 is 0 Å². The molecule has 2 aromatic rings. The van der Waals surface area contributed by atoms with Crippen LogP contribution in [0, 0.1) is 0 Å². The summed E-state index contributed by atoms with van der Waals surface area (Å²) in [7, 11) is 0. The molecular formula is C19H23NO3. The van der Waals surface area contributed by atoms with Crippen molar-refractivity contribution in [3.8, 4) is 5.75 Å². The van der Waals surface area contributed by atoms with Gasteiger partial charge in [-0.15, -0.1) is 0 Å². The fourth-order valence-electron chi connectivity index (χ4n) is 2.09. The van der Waals surface area contributed by atoms with Crippen molar-refractivity contribution < 1.29 is 14.3 Å². The second-order valence-electron chi connectivity index (χ2n) is 5.15. The lowest BCUT2D eigenvalue weighted by Crippen LogP contribution is -2.19. The Labute approximate surface area is 137 Å². The summed E-state index contributed by atoms with van der Waals surface area (Å²) in [6.45, 7) is 4.16. The zero-order chi connectivity index (χ0) is 16.3. The van der Waals surface area contributed by atoms with Crippen LogP contribution in [0.3, 0.4) is 0 Å². The highest BCUT2D eigenvalue weighted by Crippen LogP contribution is 2.12. The van der Waals surface area contributed by atoms with Gasteiger partial charge in [-0.2, -0.15) is 0 Å². The van der Waals surface area contributed by atoms with Gasteiger partial charge >= 0.3 is 5.97 Å². The molecule has 4 nitrogen and oxygen atoms in total. The van der Waals surface area contributed by atoms with E-state index in [0.717, 1.165) is 17.9 Å². The summed E-state index contributed by atoms with van der Waals surface area (Å²) in [6, 6.07) is 18.0. The standard InChI is InChI=1S/C19H23NO3/c1-2-22-19(21)12-13-20-14-16-8-10-17(11-9-16)15-23-18-6-4-3-5-7-18/h3-11,20H,2,12-15H2,1H3. The molecule has 0 heterocycles. The van der Waals surface area contributed by atoms with Crippen molar-refractivity contribution in [1.82, 2.24) is 5.32 Å². The van der Waals surface area contributed by atoms with E-state index in [1.54, 1.807) is 0 Å². The molecule has 0 aliphatic heterocycles. The predicted octanol–water partition coefficient (Wildman–Crippen LogP) is 3.31. The van der Waals surface area contributed by atoms with Gasteiger partial charge in [-0.1, -0.05) is 42.5 Å². The average molecular weight is 313 g/mol. The lowest BCUT2D eigenvalue weighted by atomic mass is 10.1. The van der Waals surface area contributed by atoms with Crippen molar-refractivity contribution in [2.45, 2.75) is 26.5 Å². The van der Waals surface area contributed by atoms with Crippen LogP contribution in [0.15, 0.2) is 54.6 Å². The van der Waals surface area contributed by atoms with Gasteiger partial charge in [-0.3, -0.25) is 4.79 Å². The van der Waals surface area contributed by atoms with Gasteiger partial charge in [0, 0.05) is 13.1 Å². The summed E-state index contributed by atoms with van der Waals surface area (Å²) in [6.07, 6.45) is 0.400. The monoisotopic (exact) mass is 313 g/mol. The minimum Gasteiger partial charge on any atom is -0.489 e. The van der Waals surface area contributed by atoms with Gasteiger partial charge < -0.3 is 14.8 Å². The first kappa shape index (κ1) is 17.0. The molecule has 2 rings (SSSR count). The smallest absolute Gasteiger partial charge is 0.307 e. The van der Waals surface area contributed by atoms with E-state index in [9.17, 15) is 4.79 Å². The number of para-hydroxylation sites is 1. The maximum Gasteiger partial charge on any atom is 0.307 e. The molecule has 0 bridgehead atoms. The first-order valence-electron chi connectivity index (χ1n) is 7.90. The SMILES string of the molecule is CCOC(=O)CCNCc1ccc(COc2ccccc2)cc1. The molecule has 122 valence electrons. The molecule has 0 aliphatic rings. The van der Waals surface area contributed by atoms with E-state index in [0.29, 0.717) is 26.2 Å². The molecular weight excluding hydrogens is 290 g/mol. The van der Waals surface area contributed by atoms with Crippen LogP contribution in [0.4, 0.5) is 0 Å². The summed E-state index contributed by atoms with van der Waals surface area (Å²) in [5, 5.41) is 3.24. The quantitative estimate of drug-likeness (QED) is 0.570. The van der Waals surface area contributed by atoms with Crippen molar-refractivity contribution in [2.24, 2.45) is 0 Å². The van der Waals surface area contributed by atoms with Crippen LogP contribution < -0.4 is 10.1 Å². The Morgan fingerprint density at radius 1 is 1.00 bits per heavy atom. The number of hydrogen-bond acceptors (Lipinski definition) is 4. The number of ether oxygens (including phenoxy) is 2. The third kappa shape index (κ3) is 6.53. The summed E-state index contributed by atoms with van der Waals surface area (Å²) < 4.78 is 10.6. The van der Waals surface area contributed by atoms with Crippen LogP contribution in [0.1, 0.15) is 24.5 Å². The highest BCUT2D eigenvalue weighted by molar-refractivity contribution is 5.69. The minimum atomic E-state index is -0.159. The maximum atomic E-state index is 11.2. The molecule has 0 atom stereocenters. The second-order valence-corrected chi connectivity index (χ2v) is 5.15. The normalized spacial score (nSPS) is 10.3. The zero-order valence-electron chi connectivity index (χ0n) is 13.5. The molecule has 0 saturated heterocycles. The summed E-state index contributed by atoms with van der Waals surface area (Å²) in [4.78, 5) is 11.2. The van der Waals surface area contributed by atoms with Gasteiger partial charge in [0.1, 0.15) is 12.4 Å². The lowest BCUT2D eigenvalue weighted by Gasteiger charge is -2.08. The topological polar surface area (TPSA) is 47.6 Å². The fraction of sp³-hybridized carbons (Fsp3) is 0.316. The second kappa shape index (κ2) is 9.64. The van der Waals surface area contributed by atoms with Gasteiger partial charge in [0.2, 0.25) is 0 Å². The molecule has 0 fully saturated rings. The molecule has 0 aliphatic carbocycles. The summed E-state index contributed by atoms with van der Waals surface area (Å²) >= 11 is 0. The highest BCUT2D eigenvalue weighted by Gasteiger charge is 2.01. The summed E-state index contributed by atoms with van der Waals surface area (Å²) in [5.41, 5.74) is 2.31. The largest absolute Gasteiger partial charge is 0.489 e. The van der Waals surface area contributed by atoms with Crippen LogP contribution in [-0.2, 0) is 22.7 Å². The Morgan fingerprint density at radius 2 is 1.70 bits per heavy atom. The Morgan fingerprint density at radius 3 is 2.39 bits per heavy atom. The van der Waals surface area contributed by atoms with E-state index in [1.807, 2.05) is 37.3 Å². The number of carbonyl (C=O) groups is 1. The number of benzene rings is 2. The number of esters is 1. The highest BCUT2D eigenvalue weighted by atomic mass is 16.5. The van der Waals surface area contributed by atoms with Crippen LogP contribution in [-0.4, -0.2) is 19.1 Å². The molecule has 4 heteroatoms. The van der Waals surface area contributed by atoms with Crippen molar-refractivity contribution in [3.05, 3.63) is 65.7 Å². The van der Waals surface area contributed by atoms with Gasteiger partial charge in [0.15, 0.2) is 0 Å². The Kier molecular flexibility index (Phi) is 7.14. The maximum absolute atomic E-state index is 11.2. The van der Waals surface area contributed by atoms with Gasteiger partial charge in [0.25, 0.3) is 0 Å². The van der Waals surface area contributed by atoms with E-state index in [4.69, 9.17) is 9.47 Å². The first-order chi connectivity index (χ1) is 11.3. The average Bonchev–Trinajstić information content (AvgIpc) is 2.59. The number of rotatable bonds is 9. The van der Waals surface area contributed by atoms with Crippen LogP contribution in [0.2, 0.25) is 0 Å². The molecule has 0 saturated carbocycles. The van der Waals surface area contributed by atoms with Crippen molar-refractivity contribution in [3.63, 3.8) is 0 Å². The molecule has 1 N–H and O–H groups in total. The molecule has 23 heavy (non-hydrogen) atoms. The van der Waals surface area contributed by atoms with Crippen molar-refractivity contribution in [1.29, 1.82) is 0 Å². The first-order valence-corrected chi connectivity index (χ1v) is 7.90. The van der Waals surface area contributed by atoms with Gasteiger partial charge in [-0.25, -0.2) is 0 Å². The zero-order valence-corrected chi connectivity index (χ0v) is 13.5. The minimum absolute atomic E-state index is 0.159. The van der Waals surface area contributed by atoms with Crippen LogP contribution in [0.25, 0.3) is 0 Å². The Bertz CT molecular complexity index is 581. The molecule has 0 amide bonds. The molecule has 0 aromatic heterocycles. The number of nitrogens with one attached hydrogen (secondary N) is 1. The van der Waals surface area contributed by atoms with E-state index in [-0.39, 0.29) is 5.97 Å². The predicted molar refractivity (Wildman–Crippen MR) is 90.2 cm³/mol. The van der Waals surface area contributed by atoms with Crippen molar-refractivity contribution >= 4 is 5.97 Å². The third-order valence-electron chi connectivity index (χ3n) is 3.31. The van der Waals surface area contributed by atoms with E-state index in [2.05, 4.69) is 29.6 Å². The lowest BCUT2D eigenvalue weighted by molar-refractivity contribution is -0.142. The van der Waals surface area contributed by atoms with Crippen molar-refractivity contribution in [2.75, 3.05) is 13.2 Å². The fourth-order valence-corrected chi connectivity index (χ4v) is 2.09. The molecule has 2 aromatic carbocycles. The van der Waals surface area contributed by atoms with Gasteiger partial charge in [-0.05, 0) is 30.2 Å². The Balaban J connectivity index is 1.69. The van der Waals surface area contributed by atoms with E-state index >= 15 is 0 Å². The van der Waals surface area contributed by atoms with E-state index in [1.165, 1.54) is 5.56 Å². The number of hydrogen-bond donors (Lipinski definition) is 1. The number of carbonyl (C=O) groups excluding carboxylic acids is 1. The van der Waals surface area contributed by atoms with Crippen LogP contribution >= 0.6 is 0 Å².